The van der Waals surface area contributed by atoms with Gasteiger partial charge in [-0.2, -0.15) is 5.11 Å². The molecule has 8 heteroatoms. The summed E-state index contributed by atoms with van der Waals surface area (Å²) < 4.78 is 12.1. The van der Waals surface area contributed by atoms with Crippen molar-refractivity contribution in [1.82, 2.24) is 4.98 Å². The van der Waals surface area contributed by atoms with E-state index in [1.54, 1.807) is 6.07 Å². The van der Waals surface area contributed by atoms with Crippen molar-refractivity contribution in [3.8, 4) is 0 Å². The van der Waals surface area contributed by atoms with Crippen LogP contribution in [0.15, 0.2) is 40.2 Å². The summed E-state index contributed by atoms with van der Waals surface area (Å²) in [5, 5.41) is 8.45. The lowest BCUT2D eigenvalue weighted by atomic mass is 9.79. The summed E-state index contributed by atoms with van der Waals surface area (Å²) in [7, 11) is -0.624. The number of nitrogen functional groups attached to an aromatic ring is 2. The van der Waals surface area contributed by atoms with Gasteiger partial charge in [0.1, 0.15) is 11.5 Å². The van der Waals surface area contributed by atoms with Crippen LogP contribution in [0.3, 0.4) is 0 Å². The van der Waals surface area contributed by atoms with E-state index in [1.165, 1.54) is 0 Å². The van der Waals surface area contributed by atoms with Crippen molar-refractivity contribution in [1.29, 1.82) is 0 Å². The monoisotopic (exact) mass is 341 g/mol. The van der Waals surface area contributed by atoms with Crippen LogP contribution in [0.4, 0.5) is 17.3 Å². The van der Waals surface area contributed by atoms with Crippen LogP contribution in [-0.2, 0) is 9.31 Å². The van der Waals surface area contributed by atoms with Gasteiger partial charge in [0.2, 0.25) is 0 Å². The van der Waals surface area contributed by atoms with E-state index in [4.69, 9.17) is 20.8 Å². The molecule has 1 aliphatic heterocycles. The predicted molar refractivity (Wildman–Crippen MR) is 99.8 cm³/mol. The van der Waals surface area contributed by atoms with Crippen LogP contribution in [0.5, 0.6) is 0 Å². The first-order chi connectivity index (χ1) is 11.7. The standard InChI is InChI=1S/C17H24BN5O2/c1-16(2)17(3,4)25-18(24-16)12-10-13(15(20)21-14(12)19)23-22-11-8-6-5-7-9-11/h6,8-10H,5,7H2,1-4H3,(H4,19,20,21). The first-order valence-corrected chi connectivity index (χ1v) is 8.39. The number of hydrogen-bond acceptors (Lipinski definition) is 7. The number of anilines is 2. The molecule has 7 nitrogen and oxygen atoms in total. The molecule has 2 heterocycles. The van der Waals surface area contributed by atoms with Crippen molar-refractivity contribution >= 4 is 29.9 Å². The summed E-state index contributed by atoms with van der Waals surface area (Å²) in [5.74, 6) is 0.494. The number of allylic oxidation sites excluding steroid dienone is 3. The van der Waals surface area contributed by atoms with Crippen molar-refractivity contribution in [3.05, 3.63) is 30.0 Å². The molecule has 1 saturated heterocycles. The third kappa shape index (κ3) is 3.45. The Morgan fingerprint density at radius 1 is 1.04 bits per heavy atom. The number of azo groups is 1. The summed E-state index contributed by atoms with van der Waals surface area (Å²) in [5.41, 5.74) is 12.9. The smallest absolute Gasteiger partial charge is 0.399 e. The van der Waals surface area contributed by atoms with E-state index >= 15 is 0 Å². The van der Waals surface area contributed by atoms with E-state index in [0.29, 0.717) is 11.2 Å². The Hall–Kier alpha value is -2.19. The van der Waals surface area contributed by atoms with Gasteiger partial charge in [0.15, 0.2) is 5.82 Å². The summed E-state index contributed by atoms with van der Waals surface area (Å²) in [6.45, 7) is 7.93. The van der Waals surface area contributed by atoms with Gasteiger partial charge >= 0.3 is 7.12 Å². The average Bonchev–Trinajstić information content (AvgIpc) is 2.75. The van der Waals surface area contributed by atoms with Crippen LogP contribution >= 0.6 is 0 Å². The van der Waals surface area contributed by atoms with Gasteiger partial charge < -0.3 is 20.8 Å². The van der Waals surface area contributed by atoms with Gasteiger partial charge in [-0.25, -0.2) is 4.98 Å². The molecule has 1 fully saturated rings. The zero-order valence-electron chi connectivity index (χ0n) is 15.1. The summed E-state index contributed by atoms with van der Waals surface area (Å²) in [6.07, 6.45) is 8.01. The predicted octanol–water partition coefficient (Wildman–Crippen LogP) is 2.86. The minimum absolute atomic E-state index is 0.224. The van der Waals surface area contributed by atoms with Crippen LogP contribution < -0.4 is 16.9 Å². The Morgan fingerprint density at radius 2 is 1.72 bits per heavy atom. The lowest BCUT2D eigenvalue weighted by Gasteiger charge is -2.32. The lowest BCUT2D eigenvalue weighted by molar-refractivity contribution is 0.00578. The van der Waals surface area contributed by atoms with E-state index in [2.05, 4.69) is 21.3 Å². The molecule has 0 aromatic carbocycles. The largest absolute Gasteiger partial charge is 0.498 e. The summed E-state index contributed by atoms with van der Waals surface area (Å²) >= 11 is 0. The topological polar surface area (TPSA) is 108 Å². The molecule has 4 N–H and O–H groups in total. The molecule has 25 heavy (non-hydrogen) atoms. The van der Waals surface area contributed by atoms with E-state index in [9.17, 15) is 0 Å². The van der Waals surface area contributed by atoms with Crippen molar-refractivity contribution in [2.45, 2.75) is 51.7 Å². The van der Waals surface area contributed by atoms with Gasteiger partial charge in [-0.05, 0) is 52.7 Å². The molecule has 1 aromatic heterocycles. The number of rotatable bonds is 3. The number of hydrogen-bond donors (Lipinski definition) is 2. The fourth-order valence-electron chi connectivity index (χ4n) is 2.57. The molecule has 0 bridgehead atoms. The molecular formula is C17H24BN5O2. The minimum Gasteiger partial charge on any atom is -0.399 e. The molecule has 0 spiro atoms. The number of aromatic nitrogens is 1. The summed E-state index contributed by atoms with van der Waals surface area (Å²) in [4.78, 5) is 4.18. The molecule has 2 aliphatic rings. The molecule has 1 aliphatic carbocycles. The lowest BCUT2D eigenvalue weighted by Crippen LogP contribution is -2.41. The fraction of sp³-hybridized carbons (Fsp3) is 0.471. The molecular weight excluding hydrogens is 317 g/mol. The highest BCUT2D eigenvalue weighted by Gasteiger charge is 2.52. The maximum absolute atomic E-state index is 6.04. The van der Waals surface area contributed by atoms with E-state index in [-0.39, 0.29) is 11.6 Å². The molecule has 0 radical (unpaired) electrons. The Labute approximate surface area is 148 Å². The van der Waals surface area contributed by atoms with Crippen LogP contribution in [0, 0.1) is 0 Å². The molecule has 0 saturated carbocycles. The quantitative estimate of drug-likeness (QED) is 0.649. The van der Waals surface area contributed by atoms with Gasteiger partial charge in [0.05, 0.1) is 16.9 Å². The summed E-state index contributed by atoms with van der Waals surface area (Å²) in [6, 6.07) is 1.73. The number of pyridine rings is 1. The second-order valence-electron chi connectivity index (χ2n) is 7.26. The number of nitrogens with zero attached hydrogens (tertiary/aromatic N) is 3. The van der Waals surface area contributed by atoms with Gasteiger partial charge in [0, 0.05) is 5.46 Å². The van der Waals surface area contributed by atoms with Crippen LogP contribution in [-0.4, -0.2) is 23.3 Å². The Balaban J connectivity index is 1.90. The van der Waals surface area contributed by atoms with Crippen molar-refractivity contribution in [2.24, 2.45) is 10.2 Å². The van der Waals surface area contributed by atoms with E-state index < -0.39 is 18.3 Å². The molecule has 1 aromatic rings. The molecule has 0 unspecified atom stereocenters. The van der Waals surface area contributed by atoms with Crippen LogP contribution in [0.25, 0.3) is 0 Å². The SMILES string of the molecule is CC1(C)OB(c2cc(N=NC3=CCCC=C3)c(N)nc2N)OC1(C)C. The Bertz CT molecular complexity index is 755. The first-order valence-electron chi connectivity index (χ1n) is 8.39. The normalized spacial score (nSPS) is 21.8. The second kappa shape index (κ2) is 6.27. The fourth-order valence-corrected chi connectivity index (χ4v) is 2.57. The van der Waals surface area contributed by atoms with E-state index in [0.717, 1.165) is 18.5 Å². The van der Waals surface area contributed by atoms with Crippen molar-refractivity contribution in [2.75, 3.05) is 11.5 Å². The van der Waals surface area contributed by atoms with Gasteiger partial charge in [-0.1, -0.05) is 12.2 Å². The third-order valence-corrected chi connectivity index (χ3v) is 4.85. The molecule has 132 valence electrons. The van der Waals surface area contributed by atoms with Crippen LogP contribution in [0.1, 0.15) is 40.5 Å². The molecule has 0 amide bonds. The second-order valence-corrected chi connectivity index (χ2v) is 7.26. The minimum atomic E-state index is -0.624. The highest BCUT2D eigenvalue weighted by Crippen LogP contribution is 2.37. The van der Waals surface area contributed by atoms with Crippen molar-refractivity contribution < 1.29 is 9.31 Å². The highest BCUT2D eigenvalue weighted by atomic mass is 16.7. The highest BCUT2D eigenvalue weighted by molar-refractivity contribution is 6.63. The molecule has 3 rings (SSSR count). The zero-order valence-corrected chi connectivity index (χ0v) is 15.1. The Kier molecular flexibility index (Phi) is 4.42. The average molecular weight is 341 g/mol. The Morgan fingerprint density at radius 3 is 2.32 bits per heavy atom. The first kappa shape index (κ1) is 17.6. The number of nitrogens with two attached hydrogens (primary N) is 2. The van der Waals surface area contributed by atoms with Crippen LogP contribution in [0.2, 0.25) is 0 Å². The maximum Gasteiger partial charge on any atom is 0.498 e. The van der Waals surface area contributed by atoms with Gasteiger partial charge in [-0.3, -0.25) is 0 Å². The zero-order chi connectivity index (χ0) is 18.2. The van der Waals surface area contributed by atoms with Gasteiger partial charge in [0.25, 0.3) is 0 Å². The van der Waals surface area contributed by atoms with Gasteiger partial charge in [-0.15, -0.1) is 5.11 Å². The van der Waals surface area contributed by atoms with Crippen molar-refractivity contribution in [3.63, 3.8) is 0 Å². The molecule has 0 atom stereocenters. The van der Waals surface area contributed by atoms with E-state index in [1.807, 2.05) is 39.8 Å². The maximum atomic E-state index is 6.04. The third-order valence-electron chi connectivity index (χ3n) is 4.85.